The number of nitrogens with zero attached hydrogens (tertiary/aromatic N) is 2. The summed E-state index contributed by atoms with van der Waals surface area (Å²) < 4.78 is 5.29. The van der Waals surface area contributed by atoms with E-state index in [1.165, 1.54) is 6.92 Å². The number of benzene rings is 1. The van der Waals surface area contributed by atoms with E-state index in [0.29, 0.717) is 16.1 Å². The highest BCUT2D eigenvalue weighted by molar-refractivity contribution is 6.31. The van der Waals surface area contributed by atoms with Gasteiger partial charge in [0.05, 0.1) is 0 Å². The van der Waals surface area contributed by atoms with Gasteiger partial charge in [-0.2, -0.15) is 9.98 Å². The average molecular weight is 253 g/mol. The number of carbonyl (C=O) groups is 1. The lowest BCUT2D eigenvalue weighted by Gasteiger charge is -1.96. The topological polar surface area (TPSA) is 93.5 Å². The van der Waals surface area contributed by atoms with Gasteiger partial charge in [-0.3, -0.25) is 10.1 Å². The summed E-state index contributed by atoms with van der Waals surface area (Å²) in [7, 11) is 0. The monoisotopic (exact) mass is 252 g/mol. The van der Waals surface area contributed by atoms with Crippen LogP contribution in [0.15, 0.2) is 27.6 Å². The second kappa shape index (κ2) is 4.42. The van der Waals surface area contributed by atoms with Gasteiger partial charge in [0.15, 0.2) is 5.58 Å². The fourth-order valence-electron chi connectivity index (χ4n) is 1.25. The van der Waals surface area contributed by atoms with E-state index >= 15 is 0 Å². The van der Waals surface area contributed by atoms with Crippen LogP contribution in [0, 0.1) is 0 Å². The Labute approximate surface area is 101 Å². The molecule has 0 unspecified atom stereocenters. The molecule has 0 aliphatic rings. The second-order valence-corrected chi connectivity index (χ2v) is 3.72. The molecule has 0 aliphatic heterocycles. The Hall–Kier alpha value is -2.08. The van der Waals surface area contributed by atoms with Crippen molar-refractivity contribution in [3.63, 3.8) is 0 Å². The van der Waals surface area contributed by atoms with Crippen molar-refractivity contribution < 1.29 is 9.21 Å². The number of oxazole rings is 1. The molecule has 0 fully saturated rings. The molecule has 0 aliphatic carbocycles. The first-order valence-corrected chi connectivity index (χ1v) is 5.10. The number of nitrogens with one attached hydrogen (secondary N) is 1. The summed E-state index contributed by atoms with van der Waals surface area (Å²) in [6, 6.07) is 5.07. The molecule has 7 heteroatoms. The lowest BCUT2D eigenvalue weighted by molar-refractivity contribution is -0.117. The van der Waals surface area contributed by atoms with Crippen LogP contribution in [0.1, 0.15) is 6.92 Å². The summed E-state index contributed by atoms with van der Waals surface area (Å²) in [5.41, 5.74) is 6.57. The van der Waals surface area contributed by atoms with Gasteiger partial charge < -0.3 is 10.2 Å². The average Bonchev–Trinajstić information content (AvgIpc) is 2.57. The standard InChI is InChI=1S/C10H9ClN4O2/c1-5(16)13-9(12)15-10-14-7-4-6(11)2-3-8(7)17-10/h2-4H,1H3,(H3,12,13,14,15,16). The number of hydrogen-bond acceptors (Lipinski definition) is 4. The second-order valence-electron chi connectivity index (χ2n) is 3.29. The van der Waals surface area contributed by atoms with Crippen LogP contribution in [-0.2, 0) is 4.79 Å². The van der Waals surface area contributed by atoms with E-state index in [1.807, 2.05) is 0 Å². The molecule has 0 bridgehead atoms. The van der Waals surface area contributed by atoms with E-state index in [9.17, 15) is 4.79 Å². The van der Waals surface area contributed by atoms with Gasteiger partial charge in [-0.05, 0) is 18.2 Å². The van der Waals surface area contributed by atoms with Gasteiger partial charge in [0.25, 0.3) is 0 Å². The number of fused-ring (bicyclic) bond motifs is 1. The first-order valence-electron chi connectivity index (χ1n) is 4.72. The van der Waals surface area contributed by atoms with Crippen molar-refractivity contribution in [2.24, 2.45) is 10.7 Å². The number of aliphatic imine (C=N–C) groups is 1. The highest BCUT2D eigenvalue weighted by Crippen LogP contribution is 2.23. The van der Waals surface area contributed by atoms with Gasteiger partial charge in [-0.1, -0.05) is 11.6 Å². The molecule has 0 atom stereocenters. The largest absolute Gasteiger partial charge is 0.422 e. The Bertz CT molecular complexity index is 605. The highest BCUT2D eigenvalue weighted by Gasteiger charge is 2.06. The van der Waals surface area contributed by atoms with Gasteiger partial charge in [-0.25, -0.2) is 0 Å². The molecule has 1 amide bonds. The number of halogens is 1. The zero-order valence-corrected chi connectivity index (χ0v) is 9.65. The molecule has 0 saturated carbocycles. The molecule has 88 valence electrons. The zero-order valence-electron chi connectivity index (χ0n) is 8.90. The Morgan fingerprint density at radius 2 is 2.35 bits per heavy atom. The maximum absolute atomic E-state index is 10.7. The smallest absolute Gasteiger partial charge is 0.325 e. The molecule has 2 aromatic rings. The number of carbonyl (C=O) groups excluding carboxylic acids is 1. The Morgan fingerprint density at radius 1 is 1.59 bits per heavy atom. The summed E-state index contributed by atoms with van der Waals surface area (Å²) in [6.07, 6.45) is 0. The van der Waals surface area contributed by atoms with Crippen LogP contribution < -0.4 is 11.1 Å². The first kappa shape index (κ1) is 11.4. The van der Waals surface area contributed by atoms with Crippen molar-refractivity contribution >= 4 is 40.6 Å². The van der Waals surface area contributed by atoms with E-state index in [0.717, 1.165) is 0 Å². The van der Waals surface area contributed by atoms with Gasteiger partial charge in [0.1, 0.15) is 5.52 Å². The van der Waals surface area contributed by atoms with Crippen LogP contribution in [0.25, 0.3) is 11.1 Å². The van der Waals surface area contributed by atoms with Crippen molar-refractivity contribution in [2.45, 2.75) is 6.92 Å². The number of rotatable bonds is 1. The van der Waals surface area contributed by atoms with Crippen LogP contribution in [0.4, 0.5) is 6.01 Å². The van der Waals surface area contributed by atoms with Crippen molar-refractivity contribution in [3.05, 3.63) is 23.2 Å². The van der Waals surface area contributed by atoms with Crippen molar-refractivity contribution in [3.8, 4) is 0 Å². The van der Waals surface area contributed by atoms with Crippen LogP contribution in [-0.4, -0.2) is 16.9 Å². The Morgan fingerprint density at radius 3 is 3.06 bits per heavy atom. The molecular formula is C10H9ClN4O2. The molecule has 1 heterocycles. The molecule has 2 rings (SSSR count). The highest BCUT2D eigenvalue weighted by atomic mass is 35.5. The number of amides is 1. The normalized spacial score (nSPS) is 11.8. The van der Waals surface area contributed by atoms with Crippen LogP contribution in [0.3, 0.4) is 0 Å². The lowest BCUT2D eigenvalue weighted by Crippen LogP contribution is -2.34. The molecule has 1 aromatic carbocycles. The minimum absolute atomic E-state index is 0.0634. The minimum atomic E-state index is -0.314. The molecule has 1 aromatic heterocycles. The number of nitrogens with two attached hydrogens (primary N) is 1. The quantitative estimate of drug-likeness (QED) is 0.595. The van der Waals surface area contributed by atoms with Crippen LogP contribution >= 0.6 is 11.6 Å². The van der Waals surface area contributed by atoms with E-state index in [4.69, 9.17) is 21.8 Å². The minimum Gasteiger partial charge on any atom is -0.422 e. The molecule has 17 heavy (non-hydrogen) atoms. The summed E-state index contributed by atoms with van der Waals surface area (Å²) in [5, 5.41) is 2.86. The lowest BCUT2D eigenvalue weighted by atomic mass is 10.3. The summed E-state index contributed by atoms with van der Waals surface area (Å²) in [6.45, 7) is 1.33. The van der Waals surface area contributed by atoms with Crippen molar-refractivity contribution in [2.75, 3.05) is 0 Å². The van der Waals surface area contributed by atoms with Gasteiger partial charge in [-0.15, -0.1) is 0 Å². The van der Waals surface area contributed by atoms with Crippen LogP contribution in [0.2, 0.25) is 5.02 Å². The van der Waals surface area contributed by atoms with E-state index in [2.05, 4.69) is 15.3 Å². The third-order valence-corrected chi connectivity index (χ3v) is 2.09. The SMILES string of the molecule is CC(=O)NC(N)=Nc1nc2cc(Cl)ccc2o1. The third kappa shape index (κ3) is 2.73. The summed E-state index contributed by atoms with van der Waals surface area (Å²) in [4.78, 5) is 18.6. The molecule has 0 radical (unpaired) electrons. The molecule has 6 nitrogen and oxygen atoms in total. The summed E-state index contributed by atoms with van der Waals surface area (Å²) in [5.74, 6) is -0.388. The van der Waals surface area contributed by atoms with Crippen molar-refractivity contribution in [1.29, 1.82) is 0 Å². The number of guanidine groups is 1. The maximum Gasteiger partial charge on any atom is 0.325 e. The van der Waals surface area contributed by atoms with Crippen molar-refractivity contribution in [1.82, 2.24) is 10.3 Å². The third-order valence-electron chi connectivity index (χ3n) is 1.86. The van der Waals surface area contributed by atoms with Gasteiger partial charge >= 0.3 is 6.01 Å². The fraction of sp³-hybridized carbons (Fsp3) is 0.100. The Kier molecular flexibility index (Phi) is 2.97. The zero-order chi connectivity index (χ0) is 12.4. The maximum atomic E-state index is 10.7. The summed E-state index contributed by atoms with van der Waals surface area (Å²) >= 11 is 5.80. The Balaban J connectivity index is 2.33. The molecule has 3 N–H and O–H groups in total. The molecular weight excluding hydrogens is 244 g/mol. The predicted octanol–water partition coefficient (Wildman–Crippen LogP) is 1.56. The first-order chi connectivity index (χ1) is 8.04. The van der Waals surface area contributed by atoms with E-state index in [1.54, 1.807) is 18.2 Å². The molecule has 0 spiro atoms. The predicted molar refractivity (Wildman–Crippen MR) is 64.1 cm³/mol. The number of hydrogen-bond donors (Lipinski definition) is 2. The van der Waals surface area contributed by atoms with Gasteiger partial charge in [0.2, 0.25) is 11.9 Å². The van der Waals surface area contributed by atoms with E-state index < -0.39 is 0 Å². The van der Waals surface area contributed by atoms with Crippen LogP contribution in [0.5, 0.6) is 0 Å². The molecule has 0 saturated heterocycles. The number of aromatic nitrogens is 1. The fourth-order valence-corrected chi connectivity index (χ4v) is 1.41. The van der Waals surface area contributed by atoms with E-state index in [-0.39, 0.29) is 17.9 Å². The van der Waals surface area contributed by atoms with Gasteiger partial charge in [0, 0.05) is 11.9 Å².